The number of allylic oxidation sites excluding steroid dienone is 2. The minimum absolute atomic E-state index is 0.313. The number of para-hydroxylation sites is 1. The third-order valence-corrected chi connectivity index (χ3v) is 7.22. The van der Waals surface area contributed by atoms with Crippen molar-refractivity contribution >= 4 is 51.3 Å². The van der Waals surface area contributed by atoms with E-state index in [2.05, 4.69) is 33.6 Å². The number of thiazole rings is 1. The number of hydrogen-bond donors (Lipinski definition) is 0. The first-order valence-electron chi connectivity index (χ1n) is 10.6. The van der Waals surface area contributed by atoms with Crippen LogP contribution in [-0.4, -0.2) is 33.9 Å². The summed E-state index contributed by atoms with van der Waals surface area (Å²) in [5, 5.41) is 3.65. The molecule has 1 aromatic carbocycles. The Morgan fingerprint density at radius 3 is 2.88 bits per heavy atom. The average Bonchev–Trinajstić information content (AvgIpc) is 3.34. The lowest BCUT2D eigenvalue weighted by Crippen LogP contribution is -2.11. The van der Waals surface area contributed by atoms with E-state index in [0.29, 0.717) is 17.4 Å². The first-order valence-corrected chi connectivity index (χ1v) is 12.9. The molecule has 3 aromatic heterocycles. The van der Waals surface area contributed by atoms with Crippen LogP contribution in [0.5, 0.6) is 5.75 Å². The Balaban J connectivity index is 1.66. The van der Waals surface area contributed by atoms with Gasteiger partial charge in [0.25, 0.3) is 0 Å². The molecule has 0 aliphatic heterocycles. The monoisotopic (exact) mass is 508 g/mol. The first kappa shape index (κ1) is 24.3. The Hall–Kier alpha value is -2.87. The number of aryl methyl sites for hydroxylation is 1. The van der Waals surface area contributed by atoms with E-state index in [1.165, 1.54) is 0 Å². The van der Waals surface area contributed by atoms with Crippen molar-refractivity contribution in [1.82, 2.24) is 19.9 Å². The van der Waals surface area contributed by atoms with Crippen LogP contribution in [0.25, 0.3) is 16.6 Å². The highest BCUT2D eigenvalue weighted by Crippen LogP contribution is 2.34. The summed E-state index contributed by atoms with van der Waals surface area (Å²) in [5.41, 5.74) is 7.65. The molecule has 0 aliphatic carbocycles. The van der Waals surface area contributed by atoms with Gasteiger partial charge in [0.1, 0.15) is 17.9 Å². The van der Waals surface area contributed by atoms with Crippen molar-refractivity contribution in [3.05, 3.63) is 93.8 Å². The Labute approximate surface area is 213 Å². The van der Waals surface area contributed by atoms with E-state index < -0.39 is 0 Å². The number of thioether (sulfide) groups is 1. The van der Waals surface area contributed by atoms with Crippen molar-refractivity contribution in [3.8, 4) is 5.75 Å². The molecule has 4 rings (SSSR count). The third kappa shape index (κ3) is 5.43. The Morgan fingerprint density at radius 2 is 2.15 bits per heavy atom. The zero-order valence-electron chi connectivity index (χ0n) is 19.3. The Morgan fingerprint density at radius 1 is 1.29 bits per heavy atom. The molecule has 0 atom stereocenters. The van der Waals surface area contributed by atoms with Crippen LogP contribution >= 0.6 is 34.7 Å². The molecular formula is C26H25ClN4OS2. The number of pyridine rings is 2. The Kier molecular flexibility index (Phi) is 7.88. The maximum Gasteiger partial charge on any atom is 0.146 e. The normalized spacial score (nSPS) is 11.6. The molecule has 0 saturated heterocycles. The minimum Gasteiger partial charge on any atom is -0.487 e. The van der Waals surface area contributed by atoms with Crippen molar-refractivity contribution in [3.63, 3.8) is 0 Å². The number of nitrogens with zero attached hydrogens (tertiary/aromatic N) is 4. The molecule has 0 radical (unpaired) electrons. The maximum atomic E-state index is 6.53. The number of hydrogen-bond acceptors (Lipinski definition) is 7. The van der Waals surface area contributed by atoms with E-state index in [-0.39, 0.29) is 0 Å². The van der Waals surface area contributed by atoms with Crippen LogP contribution in [0.15, 0.2) is 71.2 Å². The summed E-state index contributed by atoms with van der Waals surface area (Å²) in [6, 6.07) is 8.10. The highest BCUT2D eigenvalue weighted by molar-refractivity contribution is 7.98. The molecule has 174 valence electrons. The molecule has 0 N–H and O–H groups in total. The molecule has 0 amide bonds. The van der Waals surface area contributed by atoms with Gasteiger partial charge in [0, 0.05) is 70.4 Å². The van der Waals surface area contributed by atoms with Gasteiger partial charge in [-0.3, -0.25) is 4.98 Å². The van der Waals surface area contributed by atoms with Crippen LogP contribution in [0.3, 0.4) is 0 Å². The van der Waals surface area contributed by atoms with E-state index >= 15 is 0 Å². The number of fused-ring (bicyclic) bond motifs is 1. The maximum absolute atomic E-state index is 6.53. The number of rotatable bonds is 9. The zero-order chi connectivity index (χ0) is 24.1. The van der Waals surface area contributed by atoms with E-state index in [9.17, 15) is 0 Å². The van der Waals surface area contributed by atoms with Gasteiger partial charge >= 0.3 is 0 Å². The topological polar surface area (TPSA) is 51.1 Å². The summed E-state index contributed by atoms with van der Waals surface area (Å²) in [6.45, 7) is 6.18. The van der Waals surface area contributed by atoms with Crippen LogP contribution in [0.2, 0.25) is 5.02 Å². The molecule has 3 heterocycles. The lowest BCUT2D eigenvalue weighted by Gasteiger charge is -2.20. The van der Waals surface area contributed by atoms with Crippen LogP contribution in [0.4, 0.5) is 0 Å². The smallest absolute Gasteiger partial charge is 0.146 e. The first-order chi connectivity index (χ1) is 16.5. The van der Waals surface area contributed by atoms with Crippen LogP contribution < -0.4 is 4.74 Å². The SMILES string of the molecule is C=C/C=C(/c1cc(C)nc2c(OCc3c(Cl)cncc3SCc3cscn3)cccc12)N(C)C. The van der Waals surface area contributed by atoms with Gasteiger partial charge in [-0.2, -0.15) is 0 Å². The number of ether oxygens (including phenoxy) is 1. The summed E-state index contributed by atoms with van der Waals surface area (Å²) in [5.74, 6) is 1.46. The van der Waals surface area contributed by atoms with Gasteiger partial charge in [-0.05, 0) is 25.1 Å². The molecular weight excluding hydrogens is 484 g/mol. The number of halogens is 1. The van der Waals surface area contributed by atoms with Crippen LogP contribution in [0.1, 0.15) is 22.5 Å². The molecule has 0 saturated carbocycles. The molecule has 0 aliphatic rings. The quantitative estimate of drug-likeness (QED) is 0.179. The fourth-order valence-corrected chi connectivity index (χ4v) is 5.46. The molecule has 0 spiro atoms. The lowest BCUT2D eigenvalue weighted by atomic mass is 10.0. The van der Waals surface area contributed by atoms with Gasteiger partial charge in [-0.15, -0.1) is 23.1 Å². The molecule has 0 unspecified atom stereocenters. The second-order valence-corrected chi connectivity index (χ2v) is 9.94. The lowest BCUT2D eigenvalue weighted by molar-refractivity contribution is 0.306. The summed E-state index contributed by atoms with van der Waals surface area (Å²) >= 11 is 9.77. The third-order valence-electron chi connectivity index (χ3n) is 5.16. The molecule has 8 heteroatoms. The van der Waals surface area contributed by atoms with Crippen molar-refractivity contribution in [2.75, 3.05) is 14.1 Å². The summed E-state index contributed by atoms with van der Waals surface area (Å²) in [6.07, 6.45) is 7.28. The fourth-order valence-electron chi connectivity index (χ4n) is 3.59. The van der Waals surface area contributed by atoms with Crippen molar-refractivity contribution in [2.45, 2.75) is 24.2 Å². The predicted octanol–water partition coefficient (Wildman–Crippen LogP) is 7.01. The zero-order valence-corrected chi connectivity index (χ0v) is 21.7. The second-order valence-electron chi connectivity index (χ2n) is 7.80. The van der Waals surface area contributed by atoms with Gasteiger partial charge in [0.15, 0.2) is 0 Å². The molecule has 34 heavy (non-hydrogen) atoms. The second kappa shape index (κ2) is 11.0. The summed E-state index contributed by atoms with van der Waals surface area (Å²) in [7, 11) is 4.04. The van der Waals surface area contributed by atoms with E-state index in [4.69, 9.17) is 21.3 Å². The minimum atomic E-state index is 0.313. The van der Waals surface area contributed by atoms with E-state index in [1.807, 2.05) is 56.3 Å². The largest absolute Gasteiger partial charge is 0.487 e. The van der Waals surface area contributed by atoms with Gasteiger partial charge in [-0.1, -0.05) is 36.4 Å². The van der Waals surface area contributed by atoms with Crippen molar-refractivity contribution < 1.29 is 4.74 Å². The predicted molar refractivity (Wildman–Crippen MR) is 144 cm³/mol. The van der Waals surface area contributed by atoms with E-state index in [0.717, 1.165) is 49.8 Å². The Bertz CT molecular complexity index is 1340. The van der Waals surface area contributed by atoms with Crippen LogP contribution in [0, 0.1) is 6.92 Å². The summed E-state index contributed by atoms with van der Waals surface area (Å²) < 4.78 is 6.32. The standard InChI is InChI=1S/C26H25ClN4OS2/c1-5-7-23(31(3)4)20-10-17(2)30-26-19(20)8-6-9-24(26)32-13-21-22(27)11-28-12-25(21)34-15-18-14-33-16-29-18/h5-12,14,16H,1,13,15H2,2-4H3/b23-7-. The molecule has 0 bridgehead atoms. The number of aromatic nitrogens is 3. The van der Waals surface area contributed by atoms with Gasteiger partial charge in [0.05, 0.1) is 16.2 Å². The molecule has 0 fully saturated rings. The van der Waals surface area contributed by atoms with Crippen molar-refractivity contribution in [1.29, 1.82) is 0 Å². The van der Waals surface area contributed by atoms with Gasteiger partial charge < -0.3 is 9.64 Å². The van der Waals surface area contributed by atoms with E-state index in [1.54, 1.807) is 35.4 Å². The van der Waals surface area contributed by atoms with Crippen LogP contribution in [-0.2, 0) is 12.4 Å². The molecule has 5 nitrogen and oxygen atoms in total. The van der Waals surface area contributed by atoms with Gasteiger partial charge in [-0.25, -0.2) is 9.97 Å². The highest BCUT2D eigenvalue weighted by Gasteiger charge is 2.15. The average molecular weight is 509 g/mol. The molecule has 4 aromatic rings. The number of benzene rings is 1. The highest BCUT2D eigenvalue weighted by atomic mass is 35.5. The fraction of sp³-hybridized carbons (Fsp3) is 0.192. The van der Waals surface area contributed by atoms with Crippen molar-refractivity contribution in [2.24, 2.45) is 0 Å². The van der Waals surface area contributed by atoms with Gasteiger partial charge in [0.2, 0.25) is 0 Å². The summed E-state index contributed by atoms with van der Waals surface area (Å²) in [4.78, 5) is 16.5.